The standard InChI is InChI=1S/C22H23BrN4O2/c1-15-13-16(2)27(26-15)14-17-3-5-18(6-4-17)22(29)24-12-11-21(28)25-20-9-7-19(23)8-10-20/h3-10,13H,11-12,14H2,1-2H3,(H,24,29)(H,25,28). The lowest BCUT2D eigenvalue weighted by Crippen LogP contribution is -2.27. The number of anilines is 1. The third-order valence-electron chi connectivity index (χ3n) is 4.42. The average molecular weight is 455 g/mol. The topological polar surface area (TPSA) is 76.0 Å². The summed E-state index contributed by atoms with van der Waals surface area (Å²) in [4.78, 5) is 24.3. The van der Waals surface area contributed by atoms with E-state index in [0.717, 1.165) is 27.1 Å². The van der Waals surface area contributed by atoms with E-state index in [2.05, 4.69) is 31.7 Å². The molecule has 0 spiro atoms. The molecule has 0 saturated heterocycles. The molecule has 3 rings (SSSR count). The van der Waals surface area contributed by atoms with Gasteiger partial charge in [0, 0.05) is 34.4 Å². The lowest BCUT2D eigenvalue weighted by molar-refractivity contribution is -0.116. The van der Waals surface area contributed by atoms with E-state index in [-0.39, 0.29) is 24.8 Å². The normalized spacial score (nSPS) is 10.6. The first-order valence-corrected chi connectivity index (χ1v) is 10.1. The number of carbonyl (C=O) groups excluding carboxylic acids is 2. The van der Waals surface area contributed by atoms with Crippen molar-refractivity contribution in [3.63, 3.8) is 0 Å². The Morgan fingerprint density at radius 3 is 2.34 bits per heavy atom. The zero-order chi connectivity index (χ0) is 20.8. The summed E-state index contributed by atoms with van der Waals surface area (Å²) >= 11 is 3.35. The van der Waals surface area contributed by atoms with Gasteiger partial charge in [0.05, 0.1) is 12.2 Å². The van der Waals surface area contributed by atoms with Crippen LogP contribution in [-0.4, -0.2) is 28.1 Å². The van der Waals surface area contributed by atoms with E-state index >= 15 is 0 Å². The van der Waals surface area contributed by atoms with E-state index in [0.29, 0.717) is 12.1 Å². The molecule has 3 aromatic rings. The first-order chi connectivity index (χ1) is 13.9. The molecule has 0 unspecified atom stereocenters. The van der Waals surface area contributed by atoms with Gasteiger partial charge in [-0.05, 0) is 61.9 Å². The van der Waals surface area contributed by atoms with Gasteiger partial charge in [-0.15, -0.1) is 0 Å². The summed E-state index contributed by atoms with van der Waals surface area (Å²) in [5.74, 6) is -0.341. The summed E-state index contributed by atoms with van der Waals surface area (Å²) in [6.45, 7) is 4.93. The highest BCUT2D eigenvalue weighted by Crippen LogP contribution is 2.14. The van der Waals surface area contributed by atoms with Crippen molar-refractivity contribution in [2.75, 3.05) is 11.9 Å². The molecule has 29 heavy (non-hydrogen) atoms. The summed E-state index contributed by atoms with van der Waals surface area (Å²) in [5.41, 5.74) is 4.45. The summed E-state index contributed by atoms with van der Waals surface area (Å²) in [7, 11) is 0. The minimum atomic E-state index is -0.195. The highest BCUT2D eigenvalue weighted by molar-refractivity contribution is 9.10. The molecule has 150 valence electrons. The van der Waals surface area contributed by atoms with Crippen molar-refractivity contribution in [2.24, 2.45) is 0 Å². The van der Waals surface area contributed by atoms with Gasteiger partial charge in [0.2, 0.25) is 5.91 Å². The first-order valence-electron chi connectivity index (χ1n) is 9.34. The van der Waals surface area contributed by atoms with Gasteiger partial charge in [-0.25, -0.2) is 0 Å². The number of nitrogens with zero attached hydrogens (tertiary/aromatic N) is 2. The Balaban J connectivity index is 1.46. The van der Waals surface area contributed by atoms with E-state index in [1.54, 1.807) is 12.1 Å². The maximum Gasteiger partial charge on any atom is 0.251 e. The average Bonchev–Trinajstić information content (AvgIpc) is 3.01. The van der Waals surface area contributed by atoms with Gasteiger partial charge in [0.15, 0.2) is 0 Å². The second-order valence-corrected chi connectivity index (χ2v) is 7.76. The number of aryl methyl sites for hydroxylation is 2. The fourth-order valence-electron chi connectivity index (χ4n) is 2.92. The molecule has 0 fully saturated rings. The number of nitrogens with one attached hydrogen (secondary N) is 2. The van der Waals surface area contributed by atoms with Crippen molar-refractivity contribution in [3.05, 3.63) is 81.6 Å². The molecular formula is C22H23BrN4O2. The van der Waals surface area contributed by atoms with Gasteiger partial charge in [0.25, 0.3) is 5.91 Å². The van der Waals surface area contributed by atoms with Crippen molar-refractivity contribution < 1.29 is 9.59 Å². The van der Waals surface area contributed by atoms with Gasteiger partial charge in [-0.1, -0.05) is 28.1 Å². The monoisotopic (exact) mass is 454 g/mol. The Labute approximate surface area is 178 Å². The Kier molecular flexibility index (Phi) is 6.82. The van der Waals surface area contributed by atoms with Crippen LogP contribution < -0.4 is 10.6 Å². The number of carbonyl (C=O) groups is 2. The van der Waals surface area contributed by atoms with E-state index in [1.807, 2.05) is 61.0 Å². The first kappa shape index (κ1) is 20.8. The summed E-state index contributed by atoms with van der Waals surface area (Å²) in [5, 5.41) is 10.0. The number of hydrogen-bond donors (Lipinski definition) is 2. The van der Waals surface area contributed by atoms with E-state index in [9.17, 15) is 9.59 Å². The molecule has 0 bridgehead atoms. The Morgan fingerprint density at radius 1 is 1.03 bits per heavy atom. The van der Waals surface area contributed by atoms with Gasteiger partial charge < -0.3 is 10.6 Å². The number of hydrogen-bond acceptors (Lipinski definition) is 3. The van der Waals surface area contributed by atoms with Crippen LogP contribution in [0.15, 0.2) is 59.1 Å². The van der Waals surface area contributed by atoms with Crippen molar-refractivity contribution >= 4 is 33.4 Å². The third kappa shape index (κ3) is 6.02. The Morgan fingerprint density at radius 2 is 1.72 bits per heavy atom. The van der Waals surface area contributed by atoms with Crippen LogP contribution in [0.5, 0.6) is 0 Å². The minimum absolute atomic E-state index is 0.146. The zero-order valence-corrected chi connectivity index (χ0v) is 18.0. The van der Waals surface area contributed by atoms with Crippen LogP contribution in [0.3, 0.4) is 0 Å². The number of rotatable bonds is 7. The van der Waals surface area contributed by atoms with Crippen LogP contribution >= 0.6 is 15.9 Å². The molecule has 0 atom stereocenters. The molecule has 0 saturated carbocycles. The Bertz CT molecular complexity index is 995. The molecule has 1 aromatic heterocycles. The van der Waals surface area contributed by atoms with Crippen LogP contribution in [0.2, 0.25) is 0 Å². The molecule has 0 radical (unpaired) electrons. The van der Waals surface area contributed by atoms with Crippen LogP contribution in [0.4, 0.5) is 5.69 Å². The fraction of sp³-hybridized carbons (Fsp3) is 0.227. The quantitative estimate of drug-likeness (QED) is 0.564. The van der Waals surface area contributed by atoms with Gasteiger partial charge in [-0.3, -0.25) is 14.3 Å². The van der Waals surface area contributed by atoms with Crippen LogP contribution in [0.1, 0.15) is 33.7 Å². The molecule has 1 heterocycles. The maximum atomic E-state index is 12.3. The minimum Gasteiger partial charge on any atom is -0.352 e. The molecule has 0 aliphatic rings. The van der Waals surface area contributed by atoms with E-state index in [1.165, 1.54) is 0 Å². The number of aromatic nitrogens is 2. The third-order valence-corrected chi connectivity index (χ3v) is 4.95. The molecule has 0 aliphatic carbocycles. The van der Waals surface area contributed by atoms with Crippen molar-refractivity contribution in [2.45, 2.75) is 26.8 Å². The SMILES string of the molecule is Cc1cc(C)n(Cc2ccc(C(=O)NCCC(=O)Nc3ccc(Br)cc3)cc2)n1. The fourth-order valence-corrected chi connectivity index (χ4v) is 3.18. The molecule has 2 N–H and O–H groups in total. The number of benzene rings is 2. The molecule has 0 aliphatic heterocycles. The summed E-state index contributed by atoms with van der Waals surface area (Å²) in [6.07, 6.45) is 0.206. The van der Waals surface area contributed by atoms with Crippen molar-refractivity contribution in [3.8, 4) is 0 Å². The van der Waals surface area contributed by atoms with Crippen molar-refractivity contribution in [1.82, 2.24) is 15.1 Å². The Hall–Kier alpha value is -2.93. The lowest BCUT2D eigenvalue weighted by atomic mass is 10.1. The molecule has 2 amide bonds. The van der Waals surface area contributed by atoms with E-state index in [4.69, 9.17) is 0 Å². The van der Waals surface area contributed by atoms with Crippen LogP contribution in [0, 0.1) is 13.8 Å². The largest absolute Gasteiger partial charge is 0.352 e. The van der Waals surface area contributed by atoms with Crippen LogP contribution in [-0.2, 0) is 11.3 Å². The predicted octanol–water partition coefficient (Wildman–Crippen LogP) is 4.07. The van der Waals surface area contributed by atoms with Crippen molar-refractivity contribution in [1.29, 1.82) is 0 Å². The van der Waals surface area contributed by atoms with Gasteiger partial charge >= 0.3 is 0 Å². The zero-order valence-electron chi connectivity index (χ0n) is 16.4. The second-order valence-electron chi connectivity index (χ2n) is 6.84. The number of halogens is 1. The molecule has 7 heteroatoms. The van der Waals surface area contributed by atoms with Gasteiger partial charge in [-0.2, -0.15) is 5.10 Å². The highest BCUT2D eigenvalue weighted by atomic mass is 79.9. The van der Waals surface area contributed by atoms with Crippen LogP contribution in [0.25, 0.3) is 0 Å². The highest BCUT2D eigenvalue weighted by Gasteiger charge is 2.08. The molecular weight excluding hydrogens is 432 g/mol. The predicted molar refractivity (Wildman–Crippen MR) is 117 cm³/mol. The van der Waals surface area contributed by atoms with Gasteiger partial charge in [0.1, 0.15) is 0 Å². The maximum absolute atomic E-state index is 12.3. The number of amides is 2. The second kappa shape index (κ2) is 9.52. The summed E-state index contributed by atoms with van der Waals surface area (Å²) in [6, 6.07) is 16.8. The summed E-state index contributed by atoms with van der Waals surface area (Å²) < 4.78 is 2.89. The lowest BCUT2D eigenvalue weighted by Gasteiger charge is -2.08. The molecule has 2 aromatic carbocycles. The smallest absolute Gasteiger partial charge is 0.251 e. The van der Waals surface area contributed by atoms with E-state index < -0.39 is 0 Å². The molecule has 6 nitrogen and oxygen atoms in total.